The van der Waals surface area contributed by atoms with E-state index in [4.69, 9.17) is 4.42 Å². The number of benzene rings is 1. The summed E-state index contributed by atoms with van der Waals surface area (Å²) in [6.07, 6.45) is 4.46. The van der Waals surface area contributed by atoms with E-state index in [0.717, 1.165) is 36.5 Å². The fraction of sp³-hybridized carbons (Fsp3) is 0.480. The van der Waals surface area contributed by atoms with Gasteiger partial charge in [-0.2, -0.15) is 0 Å². The Labute approximate surface area is 206 Å². The van der Waals surface area contributed by atoms with Gasteiger partial charge >= 0.3 is 0 Å². The number of aromatic nitrogens is 3. The van der Waals surface area contributed by atoms with E-state index in [1.807, 2.05) is 24.3 Å². The Bertz CT molecular complexity index is 1280. The van der Waals surface area contributed by atoms with Crippen molar-refractivity contribution in [3.8, 4) is 11.5 Å². The molecule has 0 unspecified atom stereocenters. The van der Waals surface area contributed by atoms with Crippen LogP contribution in [0.3, 0.4) is 0 Å². The first kappa shape index (κ1) is 23.7. The standard InChI is InChI=1S/C25H32N6O3S/c1-16-12-19(16)15-27-21-13-18(14-22(28-21)31(2)35(3,32)33)24-29-30-25(34-24)23-20(10-7-11-26-23)17-8-5-4-6-9-17/h4-6,8-9,13-14,16,19-20,23,26H,7,10-12,15H2,1-3H3,(H,27,28)/t16-,19+,20-,23-/m0/s1. The number of hydrogen-bond acceptors (Lipinski definition) is 8. The first-order valence-corrected chi connectivity index (χ1v) is 14.0. The molecule has 1 aliphatic carbocycles. The maximum atomic E-state index is 12.2. The molecule has 1 aliphatic heterocycles. The van der Waals surface area contributed by atoms with Gasteiger partial charge in [0.25, 0.3) is 0 Å². The molecule has 10 heteroatoms. The predicted molar refractivity (Wildman–Crippen MR) is 136 cm³/mol. The molecule has 186 valence electrons. The van der Waals surface area contributed by atoms with E-state index in [1.165, 1.54) is 19.0 Å². The molecule has 1 saturated heterocycles. The molecule has 2 aliphatic rings. The van der Waals surface area contributed by atoms with Crippen LogP contribution in [0.4, 0.5) is 11.6 Å². The molecule has 0 radical (unpaired) electrons. The fourth-order valence-electron chi connectivity index (χ4n) is 4.66. The number of piperidine rings is 1. The van der Waals surface area contributed by atoms with Crippen LogP contribution in [0.2, 0.25) is 0 Å². The molecule has 0 spiro atoms. The van der Waals surface area contributed by atoms with Crippen LogP contribution in [-0.4, -0.2) is 50.0 Å². The van der Waals surface area contributed by atoms with E-state index in [1.54, 1.807) is 6.07 Å². The van der Waals surface area contributed by atoms with Crippen molar-refractivity contribution in [1.82, 2.24) is 20.5 Å². The van der Waals surface area contributed by atoms with Crippen molar-refractivity contribution < 1.29 is 12.8 Å². The average Bonchev–Trinajstić information content (AvgIpc) is 3.35. The lowest BCUT2D eigenvalue weighted by atomic mass is 9.85. The van der Waals surface area contributed by atoms with Gasteiger partial charge in [-0.25, -0.2) is 13.4 Å². The SMILES string of the molecule is C[C@H]1C[C@@H]1CNc1cc(-c2nnc([C@H]3NCCC[C@H]3c3ccccc3)o2)cc(N(C)S(C)(=O)=O)n1. The van der Waals surface area contributed by atoms with Gasteiger partial charge in [0.05, 0.1) is 12.3 Å². The van der Waals surface area contributed by atoms with Gasteiger partial charge in [-0.05, 0) is 55.3 Å². The molecular weight excluding hydrogens is 464 g/mol. The second-order valence-corrected chi connectivity index (χ2v) is 11.7. The second kappa shape index (κ2) is 9.58. The lowest BCUT2D eigenvalue weighted by Gasteiger charge is -2.30. The van der Waals surface area contributed by atoms with E-state index < -0.39 is 10.0 Å². The molecule has 0 bridgehead atoms. The molecule has 35 heavy (non-hydrogen) atoms. The third kappa shape index (κ3) is 5.33. The summed E-state index contributed by atoms with van der Waals surface area (Å²) in [5.74, 6) is 3.30. The van der Waals surface area contributed by atoms with Crippen molar-refractivity contribution in [3.05, 3.63) is 53.9 Å². The third-order valence-corrected chi connectivity index (χ3v) is 8.28. The number of anilines is 2. The smallest absolute Gasteiger partial charge is 0.248 e. The summed E-state index contributed by atoms with van der Waals surface area (Å²) in [6.45, 7) is 3.90. The first-order chi connectivity index (χ1) is 16.8. The number of hydrogen-bond donors (Lipinski definition) is 2. The highest BCUT2D eigenvalue weighted by Gasteiger charge is 2.33. The number of nitrogens with zero attached hydrogens (tertiary/aromatic N) is 4. The summed E-state index contributed by atoms with van der Waals surface area (Å²) >= 11 is 0. The molecule has 2 N–H and O–H groups in total. The highest BCUT2D eigenvalue weighted by Crippen LogP contribution is 2.39. The maximum absolute atomic E-state index is 12.2. The van der Waals surface area contributed by atoms with Crippen LogP contribution >= 0.6 is 0 Å². The Kier molecular flexibility index (Phi) is 6.50. The van der Waals surface area contributed by atoms with E-state index >= 15 is 0 Å². The highest BCUT2D eigenvalue weighted by molar-refractivity contribution is 7.92. The monoisotopic (exact) mass is 496 g/mol. The lowest BCUT2D eigenvalue weighted by Crippen LogP contribution is -2.33. The van der Waals surface area contributed by atoms with Gasteiger partial charge < -0.3 is 15.1 Å². The van der Waals surface area contributed by atoms with Gasteiger partial charge in [-0.1, -0.05) is 37.3 Å². The minimum absolute atomic E-state index is 0.0821. The van der Waals surface area contributed by atoms with Crippen LogP contribution in [0, 0.1) is 11.8 Å². The Morgan fingerprint density at radius 3 is 2.69 bits per heavy atom. The van der Waals surface area contributed by atoms with Gasteiger partial charge in [-0.15, -0.1) is 10.2 Å². The van der Waals surface area contributed by atoms with Gasteiger partial charge in [0.2, 0.25) is 21.8 Å². The number of nitrogens with one attached hydrogen (secondary N) is 2. The number of pyridine rings is 1. The van der Waals surface area contributed by atoms with Gasteiger partial charge in [0.1, 0.15) is 11.6 Å². The number of rotatable bonds is 8. The van der Waals surface area contributed by atoms with Crippen molar-refractivity contribution in [3.63, 3.8) is 0 Å². The van der Waals surface area contributed by atoms with Gasteiger partial charge in [-0.3, -0.25) is 4.31 Å². The molecule has 1 saturated carbocycles. The molecule has 5 rings (SSSR count). The maximum Gasteiger partial charge on any atom is 0.248 e. The van der Waals surface area contributed by atoms with E-state index in [2.05, 4.69) is 44.9 Å². The minimum atomic E-state index is -3.48. The Morgan fingerprint density at radius 2 is 1.97 bits per heavy atom. The Balaban J connectivity index is 1.45. The van der Waals surface area contributed by atoms with Crippen molar-refractivity contribution in [2.45, 2.75) is 38.1 Å². The molecule has 0 amide bonds. The zero-order chi connectivity index (χ0) is 24.6. The quantitative estimate of drug-likeness (QED) is 0.484. The molecule has 9 nitrogen and oxygen atoms in total. The first-order valence-electron chi connectivity index (χ1n) is 12.1. The fourth-order valence-corrected chi connectivity index (χ4v) is 5.10. The molecule has 4 atom stereocenters. The van der Waals surface area contributed by atoms with Crippen LogP contribution < -0.4 is 14.9 Å². The molecule has 1 aromatic carbocycles. The zero-order valence-corrected chi connectivity index (χ0v) is 21.1. The normalized spacial score (nSPS) is 24.2. The summed E-state index contributed by atoms with van der Waals surface area (Å²) < 4.78 is 31.7. The van der Waals surface area contributed by atoms with Crippen LogP contribution in [0.1, 0.15) is 49.6 Å². The number of sulfonamides is 1. The van der Waals surface area contributed by atoms with Crippen molar-refractivity contribution in [2.75, 3.05) is 36.0 Å². The largest absolute Gasteiger partial charge is 0.419 e. The summed E-state index contributed by atoms with van der Waals surface area (Å²) in [4.78, 5) is 4.53. The predicted octanol–water partition coefficient (Wildman–Crippen LogP) is 3.80. The molecular formula is C25H32N6O3S. The van der Waals surface area contributed by atoms with Crippen LogP contribution in [-0.2, 0) is 10.0 Å². The topological polar surface area (TPSA) is 113 Å². The molecule has 3 heterocycles. The molecule has 3 aromatic rings. The highest BCUT2D eigenvalue weighted by atomic mass is 32.2. The van der Waals surface area contributed by atoms with Crippen molar-refractivity contribution in [1.29, 1.82) is 0 Å². The summed E-state index contributed by atoms with van der Waals surface area (Å²) in [7, 11) is -1.99. The third-order valence-electron chi connectivity index (χ3n) is 7.09. The van der Waals surface area contributed by atoms with E-state index in [9.17, 15) is 8.42 Å². The molecule has 2 aromatic heterocycles. The Morgan fingerprint density at radius 1 is 1.20 bits per heavy atom. The summed E-state index contributed by atoms with van der Waals surface area (Å²) in [6, 6.07) is 13.8. The average molecular weight is 497 g/mol. The lowest BCUT2D eigenvalue weighted by molar-refractivity contribution is 0.303. The summed E-state index contributed by atoms with van der Waals surface area (Å²) in [5.41, 5.74) is 1.87. The summed E-state index contributed by atoms with van der Waals surface area (Å²) in [5, 5.41) is 15.6. The minimum Gasteiger partial charge on any atom is -0.419 e. The molecule has 2 fully saturated rings. The van der Waals surface area contributed by atoms with E-state index in [0.29, 0.717) is 40.8 Å². The zero-order valence-electron chi connectivity index (χ0n) is 20.3. The van der Waals surface area contributed by atoms with Gasteiger partial charge in [0.15, 0.2) is 0 Å². The van der Waals surface area contributed by atoms with Crippen molar-refractivity contribution in [2.24, 2.45) is 11.8 Å². The van der Waals surface area contributed by atoms with Crippen LogP contribution in [0.15, 0.2) is 46.9 Å². The van der Waals surface area contributed by atoms with E-state index in [-0.39, 0.29) is 12.0 Å². The van der Waals surface area contributed by atoms with Crippen LogP contribution in [0.25, 0.3) is 11.5 Å². The van der Waals surface area contributed by atoms with Crippen molar-refractivity contribution >= 4 is 21.7 Å². The second-order valence-electron chi connectivity index (χ2n) is 9.72. The van der Waals surface area contributed by atoms with Crippen LogP contribution in [0.5, 0.6) is 0 Å². The Hall–Kier alpha value is -2.98. The van der Waals surface area contributed by atoms with Gasteiger partial charge in [0, 0.05) is 25.1 Å².